The number of hydrogen-bond acceptors (Lipinski definition) is 5. The van der Waals surface area contributed by atoms with Gasteiger partial charge in [-0.05, 0) is 25.7 Å². The van der Waals surface area contributed by atoms with Gasteiger partial charge in [-0.2, -0.15) is 0 Å². The van der Waals surface area contributed by atoms with Crippen LogP contribution in [0.1, 0.15) is 35.7 Å². The number of nitrogens with zero attached hydrogens (tertiary/aromatic N) is 3. The summed E-state index contributed by atoms with van der Waals surface area (Å²) in [6.45, 7) is 4.47. The molecule has 22 heavy (non-hydrogen) atoms. The number of carbonyl (C=O) groups is 1. The first-order valence-corrected chi connectivity index (χ1v) is 7.04. The van der Waals surface area contributed by atoms with Crippen molar-refractivity contribution < 1.29 is 14.6 Å². The number of nitro benzene ring substituents is 2. The first-order valence-electron chi connectivity index (χ1n) is 7.04. The molecule has 0 aliphatic carbocycles. The topological polar surface area (TPSA) is 107 Å². The van der Waals surface area contributed by atoms with Crippen LogP contribution in [0.2, 0.25) is 0 Å². The number of amides is 1. The molecule has 1 aromatic carbocycles. The average Bonchev–Trinajstić information content (AvgIpc) is 2.46. The maximum atomic E-state index is 12.5. The Morgan fingerprint density at radius 1 is 1.23 bits per heavy atom. The van der Waals surface area contributed by atoms with Crippen molar-refractivity contribution in [2.75, 3.05) is 13.1 Å². The van der Waals surface area contributed by atoms with E-state index in [9.17, 15) is 25.0 Å². The standard InChI is InChI=1S/C14H17N3O5/c1-9-4-3-5-15(8-9)14(18)11-6-12(16(19)20)10(2)13(7-11)17(21)22/h6-7,9H,3-5,8H2,1-2H3. The molecule has 1 atom stereocenters. The molecule has 0 bridgehead atoms. The van der Waals surface area contributed by atoms with E-state index in [1.165, 1.54) is 6.92 Å². The maximum absolute atomic E-state index is 12.5. The second kappa shape index (κ2) is 6.08. The molecular formula is C14H17N3O5. The van der Waals surface area contributed by atoms with E-state index in [1.54, 1.807) is 4.90 Å². The first kappa shape index (κ1) is 15.9. The van der Waals surface area contributed by atoms with Gasteiger partial charge in [0.15, 0.2) is 0 Å². The van der Waals surface area contributed by atoms with Gasteiger partial charge in [-0.1, -0.05) is 6.92 Å². The molecule has 1 aromatic rings. The number of likely N-dealkylation sites (tertiary alicyclic amines) is 1. The number of rotatable bonds is 3. The molecule has 1 fully saturated rings. The van der Waals surface area contributed by atoms with Crippen molar-refractivity contribution in [2.45, 2.75) is 26.7 Å². The summed E-state index contributed by atoms with van der Waals surface area (Å²) in [5, 5.41) is 22.1. The minimum Gasteiger partial charge on any atom is -0.338 e. The summed E-state index contributed by atoms with van der Waals surface area (Å²) < 4.78 is 0. The van der Waals surface area contributed by atoms with Gasteiger partial charge in [0, 0.05) is 25.2 Å². The highest BCUT2D eigenvalue weighted by Crippen LogP contribution is 2.30. The van der Waals surface area contributed by atoms with Gasteiger partial charge >= 0.3 is 0 Å². The van der Waals surface area contributed by atoms with Crippen molar-refractivity contribution in [1.82, 2.24) is 4.90 Å². The van der Waals surface area contributed by atoms with Crippen LogP contribution in [0.3, 0.4) is 0 Å². The maximum Gasteiger partial charge on any atom is 0.279 e. The summed E-state index contributed by atoms with van der Waals surface area (Å²) in [6.07, 6.45) is 1.89. The summed E-state index contributed by atoms with van der Waals surface area (Å²) in [5.41, 5.74) is -0.845. The summed E-state index contributed by atoms with van der Waals surface area (Å²) >= 11 is 0. The Morgan fingerprint density at radius 3 is 2.23 bits per heavy atom. The van der Waals surface area contributed by atoms with Crippen molar-refractivity contribution in [3.05, 3.63) is 43.5 Å². The van der Waals surface area contributed by atoms with Crippen molar-refractivity contribution in [3.63, 3.8) is 0 Å². The van der Waals surface area contributed by atoms with Gasteiger partial charge in [0.2, 0.25) is 0 Å². The molecule has 8 heteroatoms. The predicted molar refractivity (Wildman–Crippen MR) is 78.8 cm³/mol. The van der Waals surface area contributed by atoms with Gasteiger partial charge in [0.05, 0.1) is 15.4 Å². The highest BCUT2D eigenvalue weighted by Gasteiger charge is 2.28. The molecule has 8 nitrogen and oxygen atoms in total. The van der Waals surface area contributed by atoms with Gasteiger partial charge in [0.1, 0.15) is 5.56 Å². The van der Waals surface area contributed by atoms with Crippen LogP contribution in [0, 0.1) is 33.1 Å². The van der Waals surface area contributed by atoms with E-state index in [2.05, 4.69) is 0 Å². The highest BCUT2D eigenvalue weighted by atomic mass is 16.6. The van der Waals surface area contributed by atoms with E-state index >= 15 is 0 Å². The fourth-order valence-electron chi connectivity index (χ4n) is 2.74. The molecule has 0 aromatic heterocycles. The third-order valence-corrected chi connectivity index (χ3v) is 3.94. The van der Waals surface area contributed by atoms with E-state index in [0.29, 0.717) is 19.0 Å². The molecule has 118 valence electrons. The van der Waals surface area contributed by atoms with Crippen LogP contribution in [0.15, 0.2) is 12.1 Å². The molecule has 1 aliphatic heterocycles. The number of benzene rings is 1. The number of carbonyl (C=O) groups excluding carboxylic acids is 1. The lowest BCUT2D eigenvalue weighted by Gasteiger charge is -2.30. The summed E-state index contributed by atoms with van der Waals surface area (Å²) in [4.78, 5) is 34.8. The van der Waals surface area contributed by atoms with Crippen LogP contribution >= 0.6 is 0 Å². The lowest BCUT2D eigenvalue weighted by Crippen LogP contribution is -2.39. The van der Waals surface area contributed by atoms with Gasteiger partial charge in [-0.15, -0.1) is 0 Å². The zero-order valence-electron chi connectivity index (χ0n) is 12.4. The summed E-state index contributed by atoms with van der Waals surface area (Å²) in [7, 11) is 0. The van der Waals surface area contributed by atoms with Crippen molar-refractivity contribution in [2.24, 2.45) is 5.92 Å². The predicted octanol–water partition coefficient (Wildman–Crippen LogP) is 2.68. The minimum atomic E-state index is -0.696. The number of nitro groups is 2. The Hall–Kier alpha value is -2.51. The third kappa shape index (κ3) is 3.05. The van der Waals surface area contributed by atoms with Crippen LogP contribution in [0.25, 0.3) is 0 Å². The second-order valence-corrected chi connectivity index (χ2v) is 5.65. The molecule has 2 rings (SSSR count). The molecule has 1 saturated heterocycles. The fourth-order valence-corrected chi connectivity index (χ4v) is 2.74. The molecule has 1 heterocycles. The van der Waals surface area contributed by atoms with Gasteiger partial charge in [-0.25, -0.2) is 0 Å². The molecule has 0 saturated carbocycles. The van der Waals surface area contributed by atoms with Crippen molar-refractivity contribution in [3.8, 4) is 0 Å². The van der Waals surface area contributed by atoms with E-state index < -0.39 is 27.1 Å². The van der Waals surface area contributed by atoms with Crippen molar-refractivity contribution in [1.29, 1.82) is 0 Å². The molecule has 1 amide bonds. The highest BCUT2D eigenvalue weighted by molar-refractivity contribution is 5.96. The Morgan fingerprint density at radius 2 is 1.77 bits per heavy atom. The monoisotopic (exact) mass is 307 g/mol. The number of piperidine rings is 1. The van der Waals surface area contributed by atoms with E-state index in [0.717, 1.165) is 25.0 Å². The fraction of sp³-hybridized carbons (Fsp3) is 0.500. The van der Waals surface area contributed by atoms with Gasteiger partial charge in [0.25, 0.3) is 17.3 Å². The second-order valence-electron chi connectivity index (χ2n) is 5.65. The Labute approximate surface area is 127 Å². The van der Waals surface area contributed by atoms with Crippen LogP contribution in [0.4, 0.5) is 11.4 Å². The van der Waals surface area contributed by atoms with Crippen LogP contribution in [0.5, 0.6) is 0 Å². The number of hydrogen-bond donors (Lipinski definition) is 0. The largest absolute Gasteiger partial charge is 0.338 e. The molecule has 1 unspecified atom stereocenters. The third-order valence-electron chi connectivity index (χ3n) is 3.94. The van der Waals surface area contributed by atoms with Crippen LogP contribution < -0.4 is 0 Å². The Bertz CT molecular complexity index is 608. The lowest BCUT2D eigenvalue weighted by atomic mass is 9.99. The molecule has 1 aliphatic rings. The van der Waals surface area contributed by atoms with Crippen LogP contribution in [-0.4, -0.2) is 33.7 Å². The van der Waals surface area contributed by atoms with E-state index in [4.69, 9.17) is 0 Å². The summed E-state index contributed by atoms with van der Waals surface area (Å²) in [6, 6.07) is 2.26. The lowest BCUT2D eigenvalue weighted by molar-refractivity contribution is -0.395. The smallest absolute Gasteiger partial charge is 0.279 e. The van der Waals surface area contributed by atoms with E-state index in [-0.39, 0.29) is 11.1 Å². The Balaban J connectivity index is 2.44. The molecule has 0 spiro atoms. The average molecular weight is 307 g/mol. The zero-order valence-corrected chi connectivity index (χ0v) is 12.4. The quantitative estimate of drug-likeness (QED) is 0.630. The zero-order chi connectivity index (χ0) is 16.4. The van der Waals surface area contributed by atoms with Gasteiger partial charge in [-0.3, -0.25) is 25.0 Å². The minimum absolute atomic E-state index is 0.00176. The molecule has 0 N–H and O–H groups in total. The van der Waals surface area contributed by atoms with Crippen LogP contribution in [-0.2, 0) is 0 Å². The first-order chi connectivity index (χ1) is 10.3. The Kier molecular flexibility index (Phi) is 4.39. The molecule has 0 radical (unpaired) electrons. The van der Waals surface area contributed by atoms with E-state index in [1.807, 2.05) is 6.92 Å². The normalized spacial score (nSPS) is 18.1. The summed E-state index contributed by atoms with van der Waals surface area (Å²) in [5.74, 6) is -0.0362. The van der Waals surface area contributed by atoms with Gasteiger partial charge < -0.3 is 4.90 Å². The van der Waals surface area contributed by atoms with Crippen molar-refractivity contribution >= 4 is 17.3 Å². The SMILES string of the molecule is Cc1c([N+](=O)[O-])cc(C(=O)N2CCCC(C)C2)cc1[N+](=O)[O-]. The molecular weight excluding hydrogens is 290 g/mol.